The highest BCUT2D eigenvalue weighted by Crippen LogP contribution is 2.29. The van der Waals surface area contributed by atoms with E-state index in [-0.39, 0.29) is 16.5 Å². The minimum Gasteiger partial charge on any atom is -0.629 e. The molecule has 3 rings (SSSR count). The van der Waals surface area contributed by atoms with Crippen LogP contribution in [0.15, 0.2) is 57.9 Å². The predicted molar refractivity (Wildman–Crippen MR) is 89.3 cm³/mol. The molecule has 0 saturated heterocycles. The fraction of sp³-hybridized carbons (Fsp3) is 0.0667. The van der Waals surface area contributed by atoms with Crippen molar-refractivity contribution >= 4 is 43.4 Å². The lowest BCUT2D eigenvalue weighted by Gasteiger charge is -2.27. The lowest BCUT2D eigenvalue weighted by Crippen LogP contribution is -3.02. The lowest BCUT2D eigenvalue weighted by atomic mass is 10.1. The molecule has 1 aliphatic rings. The summed E-state index contributed by atoms with van der Waals surface area (Å²) >= 11 is 3.23. The van der Waals surface area contributed by atoms with E-state index in [9.17, 15) is 13.6 Å². The summed E-state index contributed by atoms with van der Waals surface area (Å²) in [6, 6.07) is 11.7. The van der Waals surface area contributed by atoms with E-state index < -0.39 is 10.0 Å². The van der Waals surface area contributed by atoms with Crippen molar-refractivity contribution in [3.05, 3.63) is 63.8 Å². The monoisotopic (exact) mass is 380 g/mol. The van der Waals surface area contributed by atoms with Gasteiger partial charge in [0.25, 0.3) is 10.0 Å². The molecule has 0 radical (unpaired) electrons. The van der Waals surface area contributed by atoms with Crippen molar-refractivity contribution in [2.45, 2.75) is 4.90 Å². The van der Waals surface area contributed by atoms with E-state index in [0.717, 1.165) is 5.56 Å². The number of benzene rings is 2. The van der Waals surface area contributed by atoms with Gasteiger partial charge in [0, 0.05) is 10.0 Å². The number of sulfonamides is 1. The molecule has 0 aromatic heterocycles. The summed E-state index contributed by atoms with van der Waals surface area (Å²) in [5, 5.41) is 12.0. The van der Waals surface area contributed by atoms with Crippen molar-refractivity contribution in [1.82, 2.24) is 0 Å². The Morgan fingerprint density at radius 2 is 1.91 bits per heavy atom. The van der Waals surface area contributed by atoms with Crippen LogP contribution in [0.5, 0.6) is 0 Å². The minimum absolute atomic E-state index is 0.0945. The Morgan fingerprint density at radius 1 is 1.14 bits per heavy atom. The summed E-state index contributed by atoms with van der Waals surface area (Å²) in [7, 11) is -3.77. The van der Waals surface area contributed by atoms with Crippen LogP contribution in [0.25, 0.3) is 6.08 Å². The molecule has 0 amide bonds. The zero-order valence-electron chi connectivity index (χ0n) is 11.4. The minimum atomic E-state index is -3.77. The predicted octanol–water partition coefficient (Wildman–Crippen LogP) is 2.29. The van der Waals surface area contributed by atoms with E-state index in [2.05, 4.69) is 20.7 Å². The van der Waals surface area contributed by atoms with Crippen LogP contribution >= 0.6 is 15.9 Å². The molecule has 0 saturated carbocycles. The smallest absolute Gasteiger partial charge is 0.263 e. The zero-order chi connectivity index (χ0) is 15.7. The van der Waals surface area contributed by atoms with Gasteiger partial charge >= 0.3 is 0 Å². The highest BCUT2D eigenvalue weighted by atomic mass is 79.9. The van der Waals surface area contributed by atoms with E-state index in [1.54, 1.807) is 42.5 Å². The quantitative estimate of drug-likeness (QED) is 0.802. The molecule has 114 valence electrons. The van der Waals surface area contributed by atoms with E-state index in [1.807, 2.05) is 6.08 Å². The Labute approximate surface area is 137 Å². The first-order chi connectivity index (χ1) is 10.5. The molecule has 0 fully saturated rings. The van der Waals surface area contributed by atoms with Gasteiger partial charge in [0.05, 0.1) is 0 Å². The molecular weight excluding hydrogens is 368 g/mol. The third kappa shape index (κ3) is 2.80. The first kappa shape index (κ1) is 15.2. The van der Waals surface area contributed by atoms with Crippen LogP contribution in [-0.4, -0.2) is 15.0 Å². The molecule has 5 nitrogen and oxygen atoms in total. The molecule has 22 heavy (non-hydrogen) atoms. The molecular formula is C15H13BrN2O3S. The van der Waals surface area contributed by atoms with Gasteiger partial charge < -0.3 is 10.3 Å². The normalized spacial score (nSPS) is 17.1. The molecule has 7 heteroatoms. The molecule has 2 aromatic carbocycles. The maximum atomic E-state index is 12.5. The fourth-order valence-corrected chi connectivity index (χ4v) is 4.44. The molecule has 1 unspecified atom stereocenters. The first-order valence-electron chi connectivity index (χ1n) is 6.59. The van der Waals surface area contributed by atoms with Crippen molar-refractivity contribution in [3.63, 3.8) is 0 Å². The second kappa shape index (κ2) is 5.85. The molecule has 0 bridgehead atoms. The molecule has 2 N–H and O–H groups in total. The fourth-order valence-electron chi connectivity index (χ4n) is 2.36. The average molecular weight is 381 g/mol. The van der Waals surface area contributed by atoms with Gasteiger partial charge in [0.2, 0.25) is 0 Å². The Balaban J connectivity index is 2.04. The van der Waals surface area contributed by atoms with Crippen molar-refractivity contribution in [3.8, 4) is 0 Å². The number of hydroxylamine groups is 1. The van der Waals surface area contributed by atoms with E-state index in [0.29, 0.717) is 15.8 Å². The van der Waals surface area contributed by atoms with Crippen LogP contribution in [0.4, 0.5) is 11.4 Å². The number of para-hydroxylation sites is 1. The van der Waals surface area contributed by atoms with Gasteiger partial charge in [-0.3, -0.25) is 4.72 Å². The van der Waals surface area contributed by atoms with Crippen LogP contribution in [0, 0.1) is 5.21 Å². The summed E-state index contributed by atoms with van der Waals surface area (Å²) in [5.74, 6) is 0. The van der Waals surface area contributed by atoms with Gasteiger partial charge in [-0.25, -0.2) is 8.42 Å². The van der Waals surface area contributed by atoms with Crippen LogP contribution in [-0.2, 0) is 10.0 Å². The summed E-state index contributed by atoms with van der Waals surface area (Å²) < 4.78 is 28.1. The summed E-state index contributed by atoms with van der Waals surface area (Å²) in [4.78, 5) is 0.131. The third-order valence-corrected chi connectivity index (χ3v) is 5.72. The van der Waals surface area contributed by atoms with Crippen molar-refractivity contribution in [1.29, 1.82) is 0 Å². The van der Waals surface area contributed by atoms with E-state index in [4.69, 9.17) is 0 Å². The highest BCUT2D eigenvalue weighted by molar-refractivity contribution is 9.10. The number of fused-ring (bicyclic) bond motifs is 1. The van der Waals surface area contributed by atoms with Crippen molar-refractivity contribution in [2.75, 3.05) is 11.3 Å². The Bertz CT molecular complexity index is 850. The van der Waals surface area contributed by atoms with Gasteiger partial charge in [-0.2, -0.15) is 0 Å². The topological polar surface area (TPSA) is 73.7 Å². The van der Waals surface area contributed by atoms with E-state index in [1.165, 1.54) is 6.07 Å². The third-order valence-electron chi connectivity index (χ3n) is 3.35. The second-order valence-electron chi connectivity index (χ2n) is 4.84. The van der Waals surface area contributed by atoms with Gasteiger partial charge in [-0.15, -0.1) is 0 Å². The van der Waals surface area contributed by atoms with Crippen molar-refractivity contribution in [2.24, 2.45) is 0 Å². The number of nitrogens with one attached hydrogen (secondary N) is 2. The van der Waals surface area contributed by atoms with Crippen LogP contribution in [0.1, 0.15) is 5.56 Å². The van der Waals surface area contributed by atoms with Crippen molar-refractivity contribution < 1.29 is 13.5 Å². The van der Waals surface area contributed by atoms with E-state index >= 15 is 0 Å². The maximum absolute atomic E-state index is 12.5. The number of rotatable bonds is 3. The molecule has 1 atom stereocenters. The SMILES string of the molecule is O=S(=O)(Nc1cccc2c1[NH+]([O-])CC=C2)c1ccccc1Br. The number of halogens is 1. The molecule has 0 aliphatic carbocycles. The number of hydrogen-bond acceptors (Lipinski definition) is 3. The lowest BCUT2D eigenvalue weighted by molar-refractivity contribution is -0.768. The maximum Gasteiger partial charge on any atom is 0.263 e. The van der Waals surface area contributed by atoms with Gasteiger partial charge in [-0.05, 0) is 52.3 Å². The van der Waals surface area contributed by atoms with Crippen LogP contribution in [0.2, 0.25) is 0 Å². The number of anilines is 1. The zero-order valence-corrected chi connectivity index (χ0v) is 13.8. The molecule has 0 spiro atoms. The summed E-state index contributed by atoms with van der Waals surface area (Å²) in [6.45, 7) is 0.279. The Hall–Kier alpha value is -1.67. The Kier molecular flexibility index (Phi) is 4.05. The molecule has 2 aromatic rings. The molecule has 1 heterocycles. The summed E-state index contributed by atoms with van der Waals surface area (Å²) in [5.41, 5.74) is 1.45. The first-order valence-corrected chi connectivity index (χ1v) is 8.87. The van der Waals surface area contributed by atoms with Gasteiger partial charge in [0.1, 0.15) is 17.1 Å². The van der Waals surface area contributed by atoms with Gasteiger partial charge in [-0.1, -0.05) is 18.2 Å². The highest BCUT2D eigenvalue weighted by Gasteiger charge is 2.23. The average Bonchev–Trinajstić information content (AvgIpc) is 2.47. The van der Waals surface area contributed by atoms with Crippen LogP contribution < -0.4 is 9.79 Å². The Morgan fingerprint density at radius 3 is 2.68 bits per heavy atom. The van der Waals surface area contributed by atoms with Gasteiger partial charge in [0.15, 0.2) is 5.69 Å². The van der Waals surface area contributed by atoms with Crippen LogP contribution in [0.3, 0.4) is 0 Å². The summed E-state index contributed by atoms with van der Waals surface area (Å²) in [6.07, 6.45) is 3.60. The largest absolute Gasteiger partial charge is 0.629 e. The number of quaternary nitrogens is 1. The molecule has 1 aliphatic heterocycles. The second-order valence-corrected chi connectivity index (χ2v) is 7.34. The number of hydrogen-bond donors (Lipinski definition) is 2. The standard InChI is InChI=1S/C15H13BrN2O3S/c16-12-7-1-2-9-14(12)22(20,21)17-13-8-3-5-11-6-4-10-18(19)15(11)13/h1-9,17-18H,10H2.